The van der Waals surface area contributed by atoms with Gasteiger partial charge in [0.2, 0.25) is 0 Å². The van der Waals surface area contributed by atoms with Gasteiger partial charge in [0, 0.05) is 25.7 Å². The molecule has 0 fully saturated rings. The van der Waals surface area contributed by atoms with Crippen molar-refractivity contribution in [3.05, 3.63) is 0 Å². The zero-order valence-electron chi connectivity index (χ0n) is 54.5. The highest BCUT2D eigenvalue weighted by Crippen LogP contribution is 2.45. The Morgan fingerprint density at radius 3 is 0.845 bits per heavy atom. The number of unbranched alkanes of at least 4 members (excludes halogenated alkanes) is 27. The lowest BCUT2D eigenvalue weighted by Gasteiger charge is -2.21. The third kappa shape index (κ3) is 57.8. The number of hydrogen-bond donors (Lipinski definition) is 3. The van der Waals surface area contributed by atoms with Crippen LogP contribution < -0.4 is 0 Å². The van der Waals surface area contributed by atoms with E-state index in [-0.39, 0.29) is 25.7 Å². The molecule has 6 atom stereocenters. The van der Waals surface area contributed by atoms with Gasteiger partial charge in [-0.25, -0.2) is 9.13 Å². The SMILES string of the molecule is CCC(C)CCCCCCCCC(=O)OC[C@H](COP(=O)(O)OCC(O)COP(=O)(O)OC[C@@H](COC(=O)CCCCCCCCCC(C)C)OC(=O)CCCCCCCCCCCCC(C)C)OC(=O)CCCCCCCCCCC(C)C. The molecule has 0 aromatic carbocycles. The second-order valence-corrected chi connectivity index (χ2v) is 28.1. The van der Waals surface area contributed by atoms with Gasteiger partial charge in [-0.1, -0.05) is 261 Å². The van der Waals surface area contributed by atoms with Gasteiger partial charge in [0.1, 0.15) is 19.3 Å². The standard InChI is InChI=1S/C65H126O17P2/c1-9-58(8)44-36-28-23-24-30-38-46-63(68)76-52-61(82-65(70)48-40-32-21-15-14-18-26-34-42-56(4)5)54-80-84(73,74)78-50-59(66)49-77-83(71,72)79-53-60(51-75-62(67)45-37-29-22-16-19-27-35-43-57(6)7)81-64(69)47-39-31-20-13-11-10-12-17-25-33-41-55(2)3/h55-61,66H,9-54H2,1-8H3,(H,71,72)(H,73,74)/t58?,59?,60-,61-/m1/s1. The molecule has 17 nitrogen and oxygen atoms in total. The van der Waals surface area contributed by atoms with E-state index in [0.717, 1.165) is 120 Å². The van der Waals surface area contributed by atoms with E-state index in [2.05, 4.69) is 55.4 Å². The Kier molecular flexibility index (Phi) is 53.9. The molecule has 4 unspecified atom stereocenters. The van der Waals surface area contributed by atoms with Crippen LogP contribution in [0.3, 0.4) is 0 Å². The highest BCUT2D eigenvalue weighted by Gasteiger charge is 2.30. The molecule has 0 rings (SSSR count). The number of carbonyl (C=O) groups is 4. The first-order valence-electron chi connectivity index (χ1n) is 33.7. The smallest absolute Gasteiger partial charge is 0.462 e. The van der Waals surface area contributed by atoms with E-state index < -0.39 is 97.5 Å². The fraction of sp³-hybridized carbons (Fsp3) is 0.938. The summed E-state index contributed by atoms with van der Waals surface area (Å²) in [5, 5.41) is 10.5. The molecule has 0 amide bonds. The van der Waals surface area contributed by atoms with Crippen molar-refractivity contribution < 1.29 is 80.2 Å². The van der Waals surface area contributed by atoms with Crippen LogP contribution in [0.2, 0.25) is 0 Å². The van der Waals surface area contributed by atoms with Gasteiger partial charge in [-0.15, -0.1) is 0 Å². The highest BCUT2D eigenvalue weighted by atomic mass is 31.2. The minimum atomic E-state index is -4.95. The lowest BCUT2D eigenvalue weighted by Crippen LogP contribution is -2.30. The van der Waals surface area contributed by atoms with Crippen LogP contribution in [-0.4, -0.2) is 96.7 Å². The van der Waals surface area contributed by atoms with Gasteiger partial charge in [-0.2, -0.15) is 0 Å². The zero-order chi connectivity index (χ0) is 62.5. The number of esters is 4. The first kappa shape index (κ1) is 82.1. The molecule has 0 saturated heterocycles. The molecule has 0 aliphatic heterocycles. The van der Waals surface area contributed by atoms with E-state index in [0.29, 0.717) is 31.6 Å². The predicted octanol–water partition coefficient (Wildman–Crippen LogP) is 17.8. The second kappa shape index (κ2) is 55.2. The summed E-state index contributed by atoms with van der Waals surface area (Å²) in [5.41, 5.74) is 0. The fourth-order valence-electron chi connectivity index (χ4n) is 9.57. The summed E-state index contributed by atoms with van der Waals surface area (Å²) in [6.45, 7) is 14.0. The van der Waals surface area contributed by atoms with Gasteiger partial charge in [-0.3, -0.25) is 37.3 Å². The van der Waals surface area contributed by atoms with E-state index in [4.69, 9.17) is 37.0 Å². The Hall–Kier alpha value is -1.94. The van der Waals surface area contributed by atoms with Crippen molar-refractivity contribution in [1.29, 1.82) is 0 Å². The van der Waals surface area contributed by atoms with Gasteiger partial charge < -0.3 is 33.8 Å². The van der Waals surface area contributed by atoms with E-state index in [1.807, 2.05) is 0 Å². The molecule has 0 bridgehead atoms. The van der Waals surface area contributed by atoms with Crippen molar-refractivity contribution in [2.24, 2.45) is 23.7 Å². The van der Waals surface area contributed by atoms with Crippen molar-refractivity contribution in [3.8, 4) is 0 Å². The lowest BCUT2D eigenvalue weighted by atomic mass is 10.00. The second-order valence-electron chi connectivity index (χ2n) is 25.2. The Morgan fingerprint density at radius 1 is 0.333 bits per heavy atom. The molecule has 0 aromatic heterocycles. The quantitative estimate of drug-likeness (QED) is 0.0222. The highest BCUT2D eigenvalue weighted by molar-refractivity contribution is 7.47. The van der Waals surface area contributed by atoms with Crippen LogP contribution >= 0.6 is 15.6 Å². The molecule has 19 heteroatoms. The number of aliphatic hydroxyl groups is 1. The molecule has 84 heavy (non-hydrogen) atoms. The topological polar surface area (TPSA) is 237 Å². The van der Waals surface area contributed by atoms with E-state index in [1.165, 1.54) is 103 Å². The first-order chi connectivity index (χ1) is 40.1. The number of carbonyl (C=O) groups excluding carboxylic acids is 4. The van der Waals surface area contributed by atoms with E-state index in [1.54, 1.807) is 0 Å². The van der Waals surface area contributed by atoms with Crippen molar-refractivity contribution in [1.82, 2.24) is 0 Å². The molecule has 3 N–H and O–H groups in total. The Balaban J connectivity index is 5.26. The number of aliphatic hydroxyl groups excluding tert-OH is 1. The van der Waals surface area contributed by atoms with E-state index >= 15 is 0 Å². The molecule has 0 saturated carbocycles. The number of phosphoric ester groups is 2. The Morgan fingerprint density at radius 2 is 0.571 bits per heavy atom. The number of ether oxygens (including phenoxy) is 4. The zero-order valence-corrected chi connectivity index (χ0v) is 56.3. The maximum Gasteiger partial charge on any atom is 0.472 e. The summed E-state index contributed by atoms with van der Waals surface area (Å²) in [5.74, 6) is 0.766. The summed E-state index contributed by atoms with van der Waals surface area (Å²) >= 11 is 0. The average molecular weight is 1240 g/mol. The molecule has 0 spiro atoms. The maximum absolute atomic E-state index is 13.0. The van der Waals surface area contributed by atoms with Crippen molar-refractivity contribution in [2.45, 2.75) is 331 Å². The monoisotopic (exact) mass is 1240 g/mol. The summed E-state index contributed by atoms with van der Waals surface area (Å²) < 4.78 is 68.0. The summed E-state index contributed by atoms with van der Waals surface area (Å²) in [4.78, 5) is 72.3. The van der Waals surface area contributed by atoms with Crippen molar-refractivity contribution in [3.63, 3.8) is 0 Å². The maximum atomic E-state index is 13.0. The summed E-state index contributed by atoms with van der Waals surface area (Å²) in [7, 11) is -9.89. The number of hydrogen-bond acceptors (Lipinski definition) is 15. The number of rotatable bonds is 62. The summed E-state index contributed by atoms with van der Waals surface area (Å²) in [6.07, 6.45) is 35.0. The third-order valence-corrected chi connectivity index (χ3v) is 17.1. The van der Waals surface area contributed by atoms with Crippen LogP contribution in [0.4, 0.5) is 0 Å². The predicted molar refractivity (Wildman–Crippen MR) is 335 cm³/mol. The summed E-state index contributed by atoms with van der Waals surface area (Å²) in [6, 6.07) is 0. The molecule has 0 aliphatic rings. The fourth-order valence-corrected chi connectivity index (χ4v) is 11.2. The normalized spacial score (nSPS) is 14.7. The largest absolute Gasteiger partial charge is 0.472 e. The van der Waals surface area contributed by atoms with Crippen LogP contribution in [0.25, 0.3) is 0 Å². The Bertz CT molecular complexity index is 1680. The molecule has 0 heterocycles. The minimum Gasteiger partial charge on any atom is -0.462 e. The molecule has 0 aromatic rings. The molecule has 498 valence electrons. The van der Waals surface area contributed by atoms with E-state index in [9.17, 15) is 43.2 Å². The molecule has 0 radical (unpaired) electrons. The van der Waals surface area contributed by atoms with Gasteiger partial charge in [0.05, 0.1) is 26.4 Å². The van der Waals surface area contributed by atoms with Crippen LogP contribution in [-0.2, 0) is 65.4 Å². The van der Waals surface area contributed by atoms with Crippen LogP contribution in [0.15, 0.2) is 0 Å². The van der Waals surface area contributed by atoms with Gasteiger partial charge in [0.15, 0.2) is 12.2 Å². The average Bonchev–Trinajstić information content (AvgIpc) is 3.47. The molecular formula is C65H126O17P2. The molecular weight excluding hydrogens is 1110 g/mol. The van der Waals surface area contributed by atoms with Crippen molar-refractivity contribution in [2.75, 3.05) is 39.6 Å². The van der Waals surface area contributed by atoms with Gasteiger partial charge in [0.25, 0.3) is 0 Å². The van der Waals surface area contributed by atoms with Crippen molar-refractivity contribution >= 4 is 39.5 Å². The minimum absolute atomic E-state index is 0.103. The Labute approximate surface area is 511 Å². The first-order valence-corrected chi connectivity index (χ1v) is 36.7. The van der Waals surface area contributed by atoms with Crippen LogP contribution in [0.5, 0.6) is 0 Å². The number of phosphoric acid groups is 2. The molecule has 0 aliphatic carbocycles. The van der Waals surface area contributed by atoms with Crippen LogP contribution in [0.1, 0.15) is 312 Å². The van der Waals surface area contributed by atoms with Crippen LogP contribution in [0, 0.1) is 23.7 Å². The third-order valence-electron chi connectivity index (χ3n) is 15.2. The van der Waals surface area contributed by atoms with Gasteiger partial charge >= 0.3 is 39.5 Å². The lowest BCUT2D eigenvalue weighted by molar-refractivity contribution is -0.161. The van der Waals surface area contributed by atoms with Gasteiger partial charge in [-0.05, 0) is 49.4 Å².